The monoisotopic (exact) mass is 718 g/mol. The summed E-state index contributed by atoms with van der Waals surface area (Å²) in [6, 6.07) is 17.7. The van der Waals surface area contributed by atoms with Gasteiger partial charge in [-0.1, -0.05) is 48.0 Å². The van der Waals surface area contributed by atoms with Crippen molar-refractivity contribution in [2.45, 2.75) is 44.2 Å². The van der Waals surface area contributed by atoms with E-state index in [9.17, 15) is 19.1 Å². The Morgan fingerprint density at radius 2 is 1.82 bits per heavy atom. The van der Waals surface area contributed by atoms with Crippen LogP contribution in [0.2, 0.25) is 5.02 Å². The van der Waals surface area contributed by atoms with Gasteiger partial charge in [-0.15, -0.1) is 5.10 Å². The van der Waals surface area contributed by atoms with Crippen LogP contribution in [0.3, 0.4) is 0 Å². The number of nitrogens with zero attached hydrogens (tertiary/aromatic N) is 4. The van der Waals surface area contributed by atoms with E-state index in [1.54, 1.807) is 24.8 Å². The molecular formula is C39H41ClF2N4O5. The third-order valence-corrected chi connectivity index (χ3v) is 9.89. The van der Waals surface area contributed by atoms with E-state index in [0.29, 0.717) is 28.3 Å². The zero-order chi connectivity index (χ0) is 36.1. The van der Waals surface area contributed by atoms with Crippen LogP contribution in [0.15, 0.2) is 78.9 Å². The van der Waals surface area contributed by atoms with Gasteiger partial charge in [-0.2, -0.15) is 4.39 Å². The molecule has 3 atom stereocenters. The second-order valence-electron chi connectivity index (χ2n) is 13.1. The van der Waals surface area contributed by atoms with Crippen molar-refractivity contribution >= 4 is 40.1 Å². The van der Waals surface area contributed by atoms with Crippen molar-refractivity contribution in [1.82, 2.24) is 19.6 Å². The Labute approximate surface area is 300 Å². The fourth-order valence-electron chi connectivity index (χ4n) is 6.59. The van der Waals surface area contributed by atoms with E-state index in [1.165, 1.54) is 29.2 Å². The minimum atomic E-state index is -1.12. The highest BCUT2D eigenvalue weighted by Gasteiger charge is 2.33. The quantitative estimate of drug-likeness (QED) is 0.148. The molecule has 1 saturated carbocycles. The standard InChI is InChI=1S/C39H41ClF2N4O5/c1-44(2)36(47)6-5-18-45(39(48)49)19-21-50-29-13-8-25(9-14-29)32(22-26-10-15-30(26)31-16-12-28(41)24-34(31)40)27-11-17-35-33(23-27)38(42)43-46(35)37-7-3-4-20-51-37/h5-6,8-9,11-14,16-17,22-24,26,30,37H,3-4,7,10,15,18-21H2,1-2H3,(H,48,49). The van der Waals surface area contributed by atoms with Crippen molar-refractivity contribution in [3.63, 3.8) is 0 Å². The van der Waals surface area contributed by atoms with Crippen LogP contribution in [-0.2, 0) is 9.53 Å². The smallest absolute Gasteiger partial charge is 0.407 e. The van der Waals surface area contributed by atoms with Crippen LogP contribution in [-0.4, -0.2) is 77.1 Å². The first-order chi connectivity index (χ1) is 24.6. The maximum atomic E-state index is 15.4. The molecule has 1 aliphatic heterocycles. The number of carboxylic acid groups (broad SMARTS) is 1. The van der Waals surface area contributed by atoms with Gasteiger partial charge in [0.05, 0.1) is 17.4 Å². The summed E-state index contributed by atoms with van der Waals surface area (Å²) in [5, 5.41) is 14.6. The zero-order valence-corrected chi connectivity index (χ0v) is 29.4. The van der Waals surface area contributed by atoms with Gasteiger partial charge in [-0.3, -0.25) is 4.79 Å². The van der Waals surface area contributed by atoms with Gasteiger partial charge >= 0.3 is 6.09 Å². The third-order valence-electron chi connectivity index (χ3n) is 9.56. The highest BCUT2D eigenvalue weighted by Crippen LogP contribution is 2.47. The highest BCUT2D eigenvalue weighted by atomic mass is 35.5. The number of fused-ring (bicyclic) bond motifs is 1. The molecule has 3 aromatic carbocycles. The van der Waals surface area contributed by atoms with Gasteiger partial charge in [0.15, 0.2) is 6.23 Å². The fourth-order valence-corrected chi connectivity index (χ4v) is 6.90. The first-order valence-corrected chi connectivity index (χ1v) is 17.5. The molecule has 2 amide bonds. The van der Waals surface area contributed by atoms with Crippen LogP contribution in [0.25, 0.3) is 16.5 Å². The maximum Gasteiger partial charge on any atom is 0.407 e. The lowest BCUT2D eigenvalue weighted by molar-refractivity contribution is -0.123. The average Bonchev–Trinajstić information content (AvgIpc) is 3.44. The Hall–Kier alpha value is -4.74. The van der Waals surface area contributed by atoms with Crippen molar-refractivity contribution < 1.29 is 33.0 Å². The molecule has 0 spiro atoms. The topological polar surface area (TPSA) is 97.1 Å². The van der Waals surface area contributed by atoms with Crippen LogP contribution in [0, 0.1) is 17.7 Å². The van der Waals surface area contributed by atoms with Gasteiger partial charge in [0.2, 0.25) is 11.9 Å². The van der Waals surface area contributed by atoms with Crippen molar-refractivity contribution in [3.05, 3.63) is 112 Å². The largest absolute Gasteiger partial charge is 0.492 e. The van der Waals surface area contributed by atoms with Gasteiger partial charge in [0, 0.05) is 38.3 Å². The van der Waals surface area contributed by atoms with Gasteiger partial charge in [0.1, 0.15) is 18.2 Å². The average molecular weight is 719 g/mol. The molecule has 1 aliphatic carbocycles. The molecule has 12 heteroatoms. The molecule has 4 aromatic rings. The van der Waals surface area contributed by atoms with Crippen LogP contribution in [0.5, 0.6) is 5.75 Å². The van der Waals surface area contributed by atoms with E-state index in [2.05, 4.69) is 11.2 Å². The van der Waals surface area contributed by atoms with Crippen molar-refractivity contribution in [2.75, 3.05) is 40.4 Å². The summed E-state index contributed by atoms with van der Waals surface area (Å²) < 4.78 is 42.7. The molecule has 268 valence electrons. The molecule has 6 rings (SSSR count). The molecule has 1 N–H and O–H groups in total. The SMILES string of the molecule is CN(C)C(=O)C=CCN(CCOc1ccc(C(=CC2CCC2c2ccc(F)cc2Cl)c2ccc3c(c2)c(F)nn3C2CCCCO2)cc1)C(=O)O. The number of hydrogen-bond acceptors (Lipinski definition) is 5. The summed E-state index contributed by atoms with van der Waals surface area (Å²) in [4.78, 5) is 26.1. The zero-order valence-electron chi connectivity index (χ0n) is 28.6. The fraction of sp³-hybridized carbons (Fsp3) is 0.359. The summed E-state index contributed by atoms with van der Waals surface area (Å²) in [6.07, 6.45) is 8.18. The Morgan fingerprint density at radius 3 is 2.49 bits per heavy atom. The van der Waals surface area contributed by atoms with Crippen LogP contribution >= 0.6 is 11.6 Å². The number of rotatable bonds is 12. The molecule has 51 heavy (non-hydrogen) atoms. The molecule has 3 unspecified atom stereocenters. The number of aromatic nitrogens is 2. The number of ether oxygens (including phenoxy) is 2. The number of carbonyl (C=O) groups excluding carboxylic acids is 1. The van der Waals surface area contributed by atoms with E-state index < -0.39 is 12.0 Å². The normalized spacial score (nSPS) is 19.2. The predicted molar refractivity (Wildman–Crippen MR) is 192 cm³/mol. The van der Waals surface area contributed by atoms with Crippen molar-refractivity contribution in [2.24, 2.45) is 5.92 Å². The molecule has 2 fully saturated rings. The number of amides is 2. The van der Waals surface area contributed by atoms with Crippen LogP contribution < -0.4 is 4.74 Å². The number of halogens is 3. The third kappa shape index (κ3) is 8.43. The second-order valence-corrected chi connectivity index (χ2v) is 13.5. The van der Waals surface area contributed by atoms with Gasteiger partial charge in [0.25, 0.3) is 0 Å². The molecule has 0 radical (unpaired) electrons. The summed E-state index contributed by atoms with van der Waals surface area (Å²) >= 11 is 6.48. The van der Waals surface area contributed by atoms with Crippen LogP contribution in [0.4, 0.5) is 13.6 Å². The first-order valence-electron chi connectivity index (χ1n) is 17.1. The Morgan fingerprint density at radius 1 is 1.04 bits per heavy atom. The Kier molecular flexibility index (Phi) is 11.4. The number of likely N-dealkylation sites (N-methyl/N-ethyl adjacent to an activating group) is 1. The van der Waals surface area contributed by atoms with E-state index in [4.69, 9.17) is 21.1 Å². The van der Waals surface area contributed by atoms with Gasteiger partial charge in [-0.25, -0.2) is 13.9 Å². The molecule has 1 aromatic heterocycles. The first kappa shape index (κ1) is 36.1. The lowest BCUT2D eigenvalue weighted by Crippen LogP contribution is -2.33. The summed E-state index contributed by atoms with van der Waals surface area (Å²) in [7, 11) is 3.24. The molecule has 1 saturated heterocycles. The number of benzene rings is 3. The maximum absolute atomic E-state index is 15.4. The van der Waals surface area contributed by atoms with Crippen molar-refractivity contribution in [3.8, 4) is 5.75 Å². The van der Waals surface area contributed by atoms with E-state index in [-0.39, 0.29) is 49.5 Å². The van der Waals surface area contributed by atoms with Gasteiger partial charge < -0.3 is 24.4 Å². The predicted octanol–water partition coefficient (Wildman–Crippen LogP) is 8.30. The number of carbonyl (C=O) groups is 2. The summed E-state index contributed by atoms with van der Waals surface area (Å²) in [5.41, 5.74) is 4.16. The van der Waals surface area contributed by atoms with E-state index in [1.807, 2.05) is 42.5 Å². The molecule has 0 bridgehead atoms. The van der Waals surface area contributed by atoms with Crippen molar-refractivity contribution in [1.29, 1.82) is 0 Å². The van der Waals surface area contributed by atoms with E-state index in [0.717, 1.165) is 59.3 Å². The lowest BCUT2D eigenvalue weighted by Gasteiger charge is -2.36. The molecule has 9 nitrogen and oxygen atoms in total. The second kappa shape index (κ2) is 16.1. The van der Waals surface area contributed by atoms with Crippen LogP contribution in [0.1, 0.15) is 60.9 Å². The van der Waals surface area contributed by atoms with E-state index >= 15 is 4.39 Å². The lowest BCUT2D eigenvalue weighted by atomic mass is 9.69. The summed E-state index contributed by atoms with van der Waals surface area (Å²) in [5.74, 6) is -0.393. The number of allylic oxidation sites excluding steroid dienone is 1. The molecule has 2 aliphatic rings. The minimum absolute atomic E-state index is 0.0498. The Bertz CT molecular complexity index is 1940. The minimum Gasteiger partial charge on any atom is -0.492 e. The summed E-state index contributed by atoms with van der Waals surface area (Å²) in [6.45, 7) is 0.876. The highest BCUT2D eigenvalue weighted by molar-refractivity contribution is 6.31. The molecule has 2 heterocycles. The van der Waals surface area contributed by atoms with Gasteiger partial charge in [-0.05, 0) is 103 Å². The molecular weight excluding hydrogens is 678 g/mol. The number of hydrogen-bond donors (Lipinski definition) is 1. The Balaban J connectivity index is 1.25.